The summed E-state index contributed by atoms with van der Waals surface area (Å²) in [5, 5.41) is 4.53. The number of aromatic nitrogens is 1. The summed E-state index contributed by atoms with van der Waals surface area (Å²) in [5.74, 6) is -0.171. The fraction of sp³-hybridized carbons (Fsp3) is 0.200. The van der Waals surface area contributed by atoms with E-state index in [1.54, 1.807) is 6.07 Å². The molecule has 128 valence electrons. The SMILES string of the molecule is C[C@H](Cc1cccc(Cl)c1)NC(=O)Cc1cc2ccccc2[nH]c1=O. The maximum Gasteiger partial charge on any atom is 0.252 e. The standard InChI is InChI=1S/C20H19ClN2O2/c1-13(9-14-5-4-7-17(21)10-14)22-19(24)12-16-11-15-6-2-3-8-18(15)23-20(16)25/h2-8,10-11,13H,9,12H2,1H3,(H,22,24)(H,23,25)/t13-/m1/s1. The Morgan fingerprint density at radius 3 is 2.76 bits per heavy atom. The second-order valence-corrected chi connectivity index (χ2v) is 6.63. The van der Waals surface area contributed by atoms with Crippen LogP contribution in [0.2, 0.25) is 5.02 Å². The van der Waals surface area contributed by atoms with Gasteiger partial charge in [-0.25, -0.2) is 0 Å². The van der Waals surface area contributed by atoms with Crippen molar-refractivity contribution in [1.82, 2.24) is 10.3 Å². The van der Waals surface area contributed by atoms with Gasteiger partial charge in [-0.3, -0.25) is 9.59 Å². The lowest BCUT2D eigenvalue weighted by Crippen LogP contribution is -2.36. The van der Waals surface area contributed by atoms with Gasteiger partial charge in [0.2, 0.25) is 5.91 Å². The molecule has 0 aliphatic rings. The number of halogens is 1. The average Bonchev–Trinajstić information content (AvgIpc) is 2.55. The zero-order valence-corrected chi connectivity index (χ0v) is 14.6. The van der Waals surface area contributed by atoms with E-state index < -0.39 is 0 Å². The molecule has 3 rings (SSSR count). The van der Waals surface area contributed by atoms with Crippen LogP contribution in [0.3, 0.4) is 0 Å². The maximum atomic E-state index is 12.3. The predicted molar refractivity (Wildman–Crippen MR) is 101 cm³/mol. The molecule has 1 amide bonds. The molecule has 3 aromatic rings. The maximum absolute atomic E-state index is 12.3. The Hall–Kier alpha value is -2.59. The number of pyridine rings is 1. The van der Waals surface area contributed by atoms with Crippen molar-refractivity contribution in [2.45, 2.75) is 25.8 Å². The number of carbonyl (C=O) groups excluding carboxylic acids is 1. The van der Waals surface area contributed by atoms with Gasteiger partial charge < -0.3 is 10.3 Å². The average molecular weight is 355 g/mol. The monoisotopic (exact) mass is 354 g/mol. The smallest absolute Gasteiger partial charge is 0.252 e. The zero-order chi connectivity index (χ0) is 17.8. The van der Waals surface area contributed by atoms with Crippen molar-refractivity contribution in [2.24, 2.45) is 0 Å². The van der Waals surface area contributed by atoms with E-state index in [9.17, 15) is 9.59 Å². The van der Waals surface area contributed by atoms with E-state index in [1.807, 2.05) is 55.5 Å². The molecule has 1 heterocycles. The first-order valence-electron chi connectivity index (χ1n) is 8.16. The van der Waals surface area contributed by atoms with Gasteiger partial charge >= 0.3 is 0 Å². The Bertz CT molecular complexity index is 965. The molecule has 0 saturated heterocycles. The summed E-state index contributed by atoms with van der Waals surface area (Å²) >= 11 is 5.98. The number of H-pyrrole nitrogens is 1. The summed E-state index contributed by atoms with van der Waals surface area (Å²) in [4.78, 5) is 27.2. The second-order valence-electron chi connectivity index (χ2n) is 6.19. The van der Waals surface area contributed by atoms with E-state index in [1.165, 1.54) is 0 Å². The van der Waals surface area contributed by atoms with Gasteiger partial charge in [0.15, 0.2) is 0 Å². The number of nitrogens with one attached hydrogen (secondary N) is 2. The third-order valence-electron chi connectivity index (χ3n) is 4.02. The van der Waals surface area contributed by atoms with E-state index in [4.69, 9.17) is 11.6 Å². The number of fused-ring (bicyclic) bond motifs is 1. The van der Waals surface area contributed by atoms with Crippen LogP contribution in [-0.4, -0.2) is 16.9 Å². The number of carbonyl (C=O) groups is 1. The van der Waals surface area contributed by atoms with Gasteiger partial charge in [-0.15, -0.1) is 0 Å². The number of benzene rings is 2. The zero-order valence-electron chi connectivity index (χ0n) is 13.9. The Morgan fingerprint density at radius 2 is 1.96 bits per heavy atom. The normalized spacial score (nSPS) is 12.1. The molecule has 1 aromatic heterocycles. The third-order valence-corrected chi connectivity index (χ3v) is 4.25. The molecule has 0 spiro atoms. The van der Waals surface area contributed by atoms with Crippen molar-refractivity contribution in [3.05, 3.63) is 81.1 Å². The van der Waals surface area contributed by atoms with Crippen LogP contribution in [0.5, 0.6) is 0 Å². The molecule has 0 fully saturated rings. The minimum atomic E-state index is -0.226. The van der Waals surface area contributed by atoms with E-state index in [0.29, 0.717) is 17.0 Å². The van der Waals surface area contributed by atoms with Crippen LogP contribution < -0.4 is 10.9 Å². The van der Waals surface area contributed by atoms with Crippen LogP contribution in [0.15, 0.2) is 59.4 Å². The fourth-order valence-electron chi connectivity index (χ4n) is 2.89. The van der Waals surface area contributed by atoms with E-state index in [0.717, 1.165) is 16.5 Å². The number of hydrogen-bond acceptors (Lipinski definition) is 2. The van der Waals surface area contributed by atoms with Gasteiger partial charge in [0.1, 0.15) is 0 Å². The van der Waals surface area contributed by atoms with Crippen LogP contribution in [0, 0.1) is 0 Å². The first-order valence-corrected chi connectivity index (χ1v) is 8.54. The van der Waals surface area contributed by atoms with Crippen LogP contribution in [0.4, 0.5) is 0 Å². The molecule has 0 saturated carbocycles. The predicted octanol–water partition coefficient (Wildman–Crippen LogP) is 3.47. The number of rotatable bonds is 5. The lowest BCUT2D eigenvalue weighted by Gasteiger charge is -2.14. The molecule has 0 unspecified atom stereocenters. The summed E-state index contributed by atoms with van der Waals surface area (Å²) in [6.07, 6.45) is 0.737. The Morgan fingerprint density at radius 1 is 1.16 bits per heavy atom. The lowest BCUT2D eigenvalue weighted by atomic mass is 10.1. The molecule has 5 heteroatoms. The highest BCUT2D eigenvalue weighted by molar-refractivity contribution is 6.30. The van der Waals surface area contributed by atoms with Crippen LogP contribution in [-0.2, 0) is 17.6 Å². The number of amides is 1. The summed E-state index contributed by atoms with van der Waals surface area (Å²) in [7, 11) is 0. The first kappa shape index (κ1) is 17.2. The van der Waals surface area contributed by atoms with Gasteiger partial charge in [-0.05, 0) is 48.6 Å². The van der Waals surface area contributed by atoms with Crippen molar-refractivity contribution < 1.29 is 4.79 Å². The first-order chi connectivity index (χ1) is 12.0. The van der Waals surface area contributed by atoms with Gasteiger partial charge in [-0.2, -0.15) is 0 Å². The summed E-state index contributed by atoms with van der Waals surface area (Å²) in [6, 6.07) is 16.8. The Labute approximate surface area is 150 Å². The summed E-state index contributed by atoms with van der Waals surface area (Å²) < 4.78 is 0. The van der Waals surface area contributed by atoms with E-state index in [-0.39, 0.29) is 23.9 Å². The molecule has 0 radical (unpaired) electrons. The quantitative estimate of drug-likeness (QED) is 0.737. The highest BCUT2D eigenvalue weighted by Gasteiger charge is 2.12. The van der Waals surface area contributed by atoms with Crippen LogP contribution in [0.1, 0.15) is 18.1 Å². The van der Waals surface area contributed by atoms with Crippen molar-refractivity contribution in [3.8, 4) is 0 Å². The third kappa shape index (κ3) is 4.48. The van der Waals surface area contributed by atoms with E-state index in [2.05, 4.69) is 10.3 Å². The highest BCUT2D eigenvalue weighted by atomic mass is 35.5. The van der Waals surface area contributed by atoms with Gasteiger partial charge in [0.05, 0.1) is 6.42 Å². The molecule has 2 N–H and O–H groups in total. The van der Waals surface area contributed by atoms with Crippen molar-refractivity contribution in [2.75, 3.05) is 0 Å². The Balaban J connectivity index is 1.66. The molecule has 0 aliphatic carbocycles. The summed E-state index contributed by atoms with van der Waals surface area (Å²) in [5.41, 5.74) is 2.07. The Kier molecular flexibility index (Phi) is 5.19. The number of para-hydroxylation sites is 1. The molecule has 2 aromatic carbocycles. The second kappa shape index (κ2) is 7.53. The molecular formula is C20H19ClN2O2. The number of hydrogen-bond donors (Lipinski definition) is 2. The molecule has 25 heavy (non-hydrogen) atoms. The number of aromatic amines is 1. The topological polar surface area (TPSA) is 62.0 Å². The molecular weight excluding hydrogens is 336 g/mol. The highest BCUT2D eigenvalue weighted by Crippen LogP contribution is 2.13. The lowest BCUT2D eigenvalue weighted by molar-refractivity contribution is -0.121. The summed E-state index contributed by atoms with van der Waals surface area (Å²) in [6.45, 7) is 1.93. The fourth-order valence-corrected chi connectivity index (χ4v) is 3.10. The van der Waals surface area contributed by atoms with Crippen LogP contribution in [0.25, 0.3) is 10.9 Å². The molecule has 0 bridgehead atoms. The van der Waals surface area contributed by atoms with Crippen molar-refractivity contribution in [3.63, 3.8) is 0 Å². The van der Waals surface area contributed by atoms with Crippen LogP contribution >= 0.6 is 11.6 Å². The minimum absolute atomic E-state index is 0.0505. The molecule has 0 aliphatic heterocycles. The molecule has 1 atom stereocenters. The van der Waals surface area contributed by atoms with Crippen molar-refractivity contribution >= 4 is 28.4 Å². The van der Waals surface area contributed by atoms with Gasteiger partial charge in [-0.1, -0.05) is 41.9 Å². The van der Waals surface area contributed by atoms with Gasteiger partial charge in [0, 0.05) is 22.1 Å². The molecule has 4 nitrogen and oxygen atoms in total. The minimum Gasteiger partial charge on any atom is -0.353 e. The largest absolute Gasteiger partial charge is 0.353 e. The van der Waals surface area contributed by atoms with E-state index >= 15 is 0 Å². The van der Waals surface area contributed by atoms with Crippen molar-refractivity contribution in [1.29, 1.82) is 0 Å². The van der Waals surface area contributed by atoms with Gasteiger partial charge in [0.25, 0.3) is 5.56 Å².